The van der Waals surface area contributed by atoms with Gasteiger partial charge in [0.05, 0.1) is 11.5 Å². The zero-order valence-electron chi connectivity index (χ0n) is 11.1. The lowest BCUT2D eigenvalue weighted by Crippen LogP contribution is -2.23. The van der Waals surface area contributed by atoms with Crippen LogP contribution < -0.4 is 9.46 Å². The van der Waals surface area contributed by atoms with Gasteiger partial charge in [0.2, 0.25) is 10.0 Å². The third kappa shape index (κ3) is 4.66. The van der Waals surface area contributed by atoms with E-state index in [0.717, 1.165) is 6.42 Å². The highest BCUT2D eigenvalue weighted by molar-refractivity contribution is 7.89. The molecule has 0 radical (unpaired) electrons. The van der Waals surface area contributed by atoms with Crippen LogP contribution in [-0.2, 0) is 10.0 Å². The van der Waals surface area contributed by atoms with Gasteiger partial charge in [-0.3, -0.25) is 0 Å². The number of sulfonamides is 1. The van der Waals surface area contributed by atoms with E-state index in [2.05, 4.69) is 18.6 Å². The Morgan fingerprint density at radius 3 is 2.67 bits per heavy atom. The molecule has 0 aliphatic carbocycles. The Kier molecular flexibility index (Phi) is 5.62. The van der Waals surface area contributed by atoms with Gasteiger partial charge in [-0.25, -0.2) is 13.1 Å². The van der Waals surface area contributed by atoms with Crippen LogP contribution in [0.2, 0.25) is 0 Å². The van der Waals surface area contributed by atoms with Crippen molar-refractivity contribution < 1.29 is 13.2 Å². The summed E-state index contributed by atoms with van der Waals surface area (Å²) < 4.78 is 31.6. The molecule has 18 heavy (non-hydrogen) atoms. The van der Waals surface area contributed by atoms with Crippen LogP contribution in [0.5, 0.6) is 5.75 Å². The summed E-state index contributed by atoms with van der Waals surface area (Å²) in [5, 5.41) is 0. The van der Waals surface area contributed by atoms with Crippen molar-refractivity contribution in [3.63, 3.8) is 0 Å². The van der Waals surface area contributed by atoms with E-state index >= 15 is 0 Å². The number of ether oxygens (including phenoxy) is 1. The van der Waals surface area contributed by atoms with Gasteiger partial charge >= 0.3 is 0 Å². The summed E-state index contributed by atoms with van der Waals surface area (Å²) in [7, 11) is -3.40. The summed E-state index contributed by atoms with van der Waals surface area (Å²) in [6, 6.07) is 6.58. The molecule has 0 aliphatic heterocycles. The molecule has 0 unspecified atom stereocenters. The summed E-state index contributed by atoms with van der Waals surface area (Å²) >= 11 is 0. The summed E-state index contributed by atoms with van der Waals surface area (Å²) in [6.07, 6.45) is 0.949. The van der Waals surface area contributed by atoms with E-state index in [1.807, 2.05) is 0 Å². The Balaban J connectivity index is 2.74. The minimum absolute atomic E-state index is 0.242. The third-order valence-corrected chi connectivity index (χ3v) is 3.96. The summed E-state index contributed by atoms with van der Waals surface area (Å²) in [5.74, 6) is 1.16. The molecular weight excluding hydrogens is 250 g/mol. The molecule has 0 aromatic heterocycles. The second-order valence-corrected chi connectivity index (χ2v) is 6.27. The van der Waals surface area contributed by atoms with Crippen LogP contribution in [-0.4, -0.2) is 21.6 Å². The lowest BCUT2D eigenvalue weighted by Gasteiger charge is -2.10. The number of benzene rings is 1. The average Bonchev–Trinajstić information content (AvgIpc) is 2.29. The topological polar surface area (TPSA) is 55.4 Å². The van der Waals surface area contributed by atoms with Crippen molar-refractivity contribution >= 4 is 10.0 Å². The zero-order valence-corrected chi connectivity index (χ0v) is 12.0. The first-order valence-electron chi connectivity index (χ1n) is 6.18. The maximum absolute atomic E-state index is 11.8. The molecule has 1 rings (SSSR count). The van der Waals surface area contributed by atoms with Gasteiger partial charge in [0, 0.05) is 12.6 Å². The molecule has 0 amide bonds. The minimum atomic E-state index is -3.40. The molecule has 102 valence electrons. The Morgan fingerprint density at radius 1 is 1.33 bits per heavy atom. The average molecular weight is 271 g/mol. The van der Waals surface area contributed by atoms with E-state index in [4.69, 9.17) is 4.74 Å². The van der Waals surface area contributed by atoms with Gasteiger partial charge in [0.15, 0.2) is 0 Å². The van der Waals surface area contributed by atoms with Gasteiger partial charge in [-0.1, -0.05) is 26.8 Å². The molecule has 5 heteroatoms. The van der Waals surface area contributed by atoms with Gasteiger partial charge in [-0.2, -0.15) is 0 Å². The number of nitrogens with one attached hydrogen (secondary N) is 1. The molecule has 0 fully saturated rings. The van der Waals surface area contributed by atoms with Crippen molar-refractivity contribution in [3.05, 3.63) is 24.3 Å². The van der Waals surface area contributed by atoms with Crippen LogP contribution in [0.3, 0.4) is 0 Å². The van der Waals surface area contributed by atoms with E-state index in [1.54, 1.807) is 31.2 Å². The molecule has 0 spiro atoms. The Hall–Kier alpha value is -1.07. The minimum Gasteiger partial charge on any atom is -0.494 e. The first-order chi connectivity index (χ1) is 8.45. The van der Waals surface area contributed by atoms with Crippen molar-refractivity contribution in [2.45, 2.75) is 32.1 Å². The lowest BCUT2D eigenvalue weighted by molar-refractivity contribution is 0.289. The fourth-order valence-corrected chi connectivity index (χ4v) is 2.49. The van der Waals surface area contributed by atoms with Gasteiger partial charge in [0.25, 0.3) is 0 Å². The summed E-state index contributed by atoms with van der Waals surface area (Å²) in [5.41, 5.74) is 0. The second-order valence-electron chi connectivity index (χ2n) is 4.51. The molecule has 1 aromatic carbocycles. The van der Waals surface area contributed by atoms with Crippen LogP contribution in [0.15, 0.2) is 29.2 Å². The fourth-order valence-electron chi connectivity index (χ4n) is 1.42. The summed E-state index contributed by atoms with van der Waals surface area (Å²) in [4.78, 5) is 0.242. The van der Waals surface area contributed by atoms with Crippen LogP contribution in [0, 0.1) is 5.92 Å². The van der Waals surface area contributed by atoms with E-state index in [0.29, 0.717) is 24.8 Å². The maximum atomic E-state index is 11.8. The standard InChI is InChI=1S/C13H21NO3S/c1-4-14-18(15,16)13-7-5-6-12(10-13)17-9-8-11(2)3/h5-7,10-11,14H,4,8-9H2,1-3H3. The summed E-state index contributed by atoms with van der Waals surface area (Å²) in [6.45, 7) is 6.97. The van der Waals surface area contributed by atoms with E-state index in [9.17, 15) is 8.42 Å². The first-order valence-corrected chi connectivity index (χ1v) is 7.66. The van der Waals surface area contributed by atoms with Crippen LogP contribution >= 0.6 is 0 Å². The van der Waals surface area contributed by atoms with Gasteiger partial charge in [0.1, 0.15) is 5.75 Å². The first kappa shape index (κ1) is 15.0. The molecule has 0 saturated heterocycles. The molecule has 0 aliphatic rings. The van der Waals surface area contributed by atoms with Crippen molar-refractivity contribution in [1.82, 2.24) is 4.72 Å². The van der Waals surface area contributed by atoms with Crippen LogP contribution in [0.1, 0.15) is 27.2 Å². The smallest absolute Gasteiger partial charge is 0.240 e. The van der Waals surface area contributed by atoms with Gasteiger partial charge in [-0.05, 0) is 24.5 Å². The highest BCUT2D eigenvalue weighted by atomic mass is 32.2. The zero-order chi connectivity index (χ0) is 13.6. The predicted octanol–water partition coefficient (Wildman–Crippen LogP) is 2.41. The molecule has 1 N–H and O–H groups in total. The largest absolute Gasteiger partial charge is 0.494 e. The highest BCUT2D eigenvalue weighted by Gasteiger charge is 2.12. The normalized spacial score (nSPS) is 11.8. The quantitative estimate of drug-likeness (QED) is 0.828. The van der Waals surface area contributed by atoms with Crippen LogP contribution in [0.25, 0.3) is 0 Å². The number of rotatable bonds is 7. The molecule has 4 nitrogen and oxygen atoms in total. The fraction of sp³-hybridized carbons (Fsp3) is 0.538. The molecule has 0 atom stereocenters. The number of hydrogen-bond acceptors (Lipinski definition) is 3. The Morgan fingerprint density at radius 2 is 2.06 bits per heavy atom. The van der Waals surface area contributed by atoms with E-state index in [1.165, 1.54) is 0 Å². The predicted molar refractivity (Wildman–Crippen MR) is 72.3 cm³/mol. The number of hydrogen-bond donors (Lipinski definition) is 1. The highest BCUT2D eigenvalue weighted by Crippen LogP contribution is 2.17. The van der Waals surface area contributed by atoms with Crippen LogP contribution in [0.4, 0.5) is 0 Å². The van der Waals surface area contributed by atoms with Crippen molar-refractivity contribution in [3.8, 4) is 5.75 Å². The monoisotopic (exact) mass is 271 g/mol. The second kappa shape index (κ2) is 6.75. The van der Waals surface area contributed by atoms with Crippen molar-refractivity contribution in [1.29, 1.82) is 0 Å². The van der Waals surface area contributed by atoms with Gasteiger partial charge < -0.3 is 4.74 Å². The van der Waals surface area contributed by atoms with E-state index in [-0.39, 0.29) is 4.90 Å². The lowest BCUT2D eigenvalue weighted by atomic mass is 10.1. The Labute approximate surface area is 109 Å². The van der Waals surface area contributed by atoms with Crippen molar-refractivity contribution in [2.24, 2.45) is 5.92 Å². The molecule has 0 saturated carbocycles. The third-order valence-electron chi connectivity index (χ3n) is 2.41. The SMILES string of the molecule is CCNS(=O)(=O)c1cccc(OCCC(C)C)c1. The van der Waals surface area contributed by atoms with Crippen molar-refractivity contribution in [2.75, 3.05) is 13.2 Å². The molecule has 0 bridgehead atoms. The van der Waals surface area contributed by atoms with E-state index < -0.39 is 10.0 Å². The Bertz CT molecular complexity index is 469. The maximum Gasteiger partial charge on any atom is 0.240 e. The van der Waals surface area contributed by atoms with Gasteiger partial charge in [-0.15, -0.1) is 0 Å². The molecular formula is C13H21NO3S. The molecule has 0 heterocycles. The molecule has 1 aromatic rings.